The Hall–Kier alpha value is -1.02. The van der Waals surface area contributed by atoms with Gasteiger partial charge in [-0.3, -0.25) is 0 Å². The summed E-state index contributed by atoms with van der Waals surface area (Å²) in [4.78, 5) is 0. The summed E-state index contributed by atoms with van der Waals surface area (Å²) in [6, 6.07) is 7.96. The normalized spacial score (nSPS) is 21.6. The monoisotopic (exact) mass is 149 g/mol. The van der Waals surface area contributed by atoms with Gasteiger partial charge in [0, 0.05) is 12.1 Å². The molecule has 2 nitrogen and oxygen atoms in total. The molecule has 2 rings (SSSR count). The fourth-order valence-corrected chi connectivity index (χ4v) is 1.10. The average Bonchev–Trinajstić information content (AvgIpc) is 2.78. The van der Waals surface area contributed by atoms with E-state index in [-0.39, 0.29) is 0 Å². The lowest BCUT2D eigenvalue weighted by Crippen LogP contribution is -1.93. The number of epoxide rings is 1. The van der Waals surface area contributed by atoms with Gasteiger partial charge in [0.15, 0.2) is 0 Å². The minimum absolute atomic E-state index is 0.471. The molecule has 1 aromatic carbocycles. The van der Waals surface area contributed by atoms with Crippen molar-refractivity contribution in [3.63, 3.8) is 0 Å². The number of nitrogens with two attached hydrogens (primary N) is 1. The summed E-state index contributed by atoms with van der Waals surface area (Å²) in [5.41, 5.74) is 7.67. The molecule has 1 aliphatic rings. The van der Waals surface area contributed by atoms with Crippen LogP contribution in [-0.4, -0.2) is 12.7 Å². The Morgan fingerprint density at radius 3 is 2.55 bits per heavy atom. The van der Waals surface area contributed by atoms with E-state index in [1.165, 1.54) is 5.56 Å². The van der Waals surface area contributed by atoms with Crippen molar-refractivity contribution in [3.8, 4) is 0 Å². The van der Waals surface area contributed by atoms with Crippen LogP contribution in [-0.2, 0) is 11.2 Å². The van der Waals surface area contributed by atoms with Crippen LogP contribution in [0.4, 0.5) is 5.69 Å². The fraction of sp³-hybridized carbons (Fsp3) is 0.333. The standard InChI is InChI=1S/C9H11NO/c10-8-3-1-7(2-4-8)5-9-6-11-9/h1-4,9H,5-6,10H2. The average molecular weight is 149 g/mol. The van der Waals surface area contributed by atoms with Crippen LogP contribution in [0, 0.1) is 0 Å². The minimum atomic E-state index is 0.471. The van der Waals surface area contributed by atoms with E-state index in [1.54, 1.807) is 0 Å². The Balaban J connectivity index is 2.06. The quantitative estimate of drug-likeness (QED) is 0.507. The zero-order valence-electron chi connectivity index (χ0n) is 6.29. The summed E-state index contributed by atoms with van der Waals surface area (Å²) in [5, 5.41) is 0. The van der Waals surface area contributed by atoms with Gasteiger partial charge >= 0.3 is 0 Å². The zero-order valence-corrected chi connectivity index (χ0v) is 6.29. The van der Waals surface area contributed by atoms with Crippen LogP contribution < -0.4 is 5.73 Å². The van der Waals surface area contributed by atoms with E-state index in [1.807, 2.05) is 12.1 Å². The molecule has 2 N–H and O–H groups in total. The molecule has 0 aliphatic carbocycles. The number of nitrogen functional groups attached to an aromatic ring is 1. The highest BCUT2D eigenvalue weighted by Gasteiger charge is 2.22. The third-order valence-corrected chi connectivity index (χ3v) is 1.85. The van der Waals surface area contributed by atoms with E-state index in [9.17, 15) is 0 Å². The molecule has 0 radical (unpaired) electrons. The molecule has 0 bridgehead atoms. The van der Waals surface area contributed by atoms with Crippen molar-refractivity contribution in [2.24, 2.45) is 0 Å². The number of hydrogen-bond acceptors (Lipinski definition) is 2. The number of rotatable bonds is 2. The molecule has 2 heteroatoms. The van der Waals surface area contributed by atoms with E-state index in [0.29, 0.717) is 6.10 Å². The third kappa shape index (κ3) is 1.71. The van der Waals surface area contributed by atoms with Gasteiger partial charge in [0.1, 0.15) is 0 Å². The summed E-state index contributed by atoms with van der Waals surface area (Å²) in [5.74, 6) is 0. The maximum absolute atomic E-state index is 5.54. The molecule has 11 heavy (non-hydrogen) atoms. The van der Waals surface area contributed by atoms with Crippen molar-refractivity contribution in [1.29, 1.82) is 0 Å². The van der Waals surface area contributed by atoms with E-state index < -0.39 is 0 Å². The molecule has 1 fully saturated rings. The number of hydrogen-bond donors (Lipinski definition) is 1. The molecule has 0 amide bonds. The molecule has 1 heterocycles. The first kappa shape index (κ1) is 6.68. The summed E-state index contributed by atoms with van der Waals surface area (Å²) in [6.45, 7) is 0.921. The first-order valence-corrected chi connectivity index (χ1v) is 3.80. The second kappa shape index (κ2) is 2.55. The van der Waals surface area contributed by atoms with Crippen LogP contribution in [0.3, 0.4) is 0 Å². The van der Waals surface area contributed by atoms with Gasteiger partial charge in [-0.2, -0.15) is 0 Å². The molecule has 1 aromatic rings. The van der Waals surface area contributed by atoms with E-state index >= 15 is 0 Å². The number of anilines is 1. The van der Waals surface area contributed by atoms with Gasteiger partial charge in [-0.25, -0.2) is 0 Å². The predicted octanol–water partition coefficient (Wildman–Crippen LogP) is 1.21. The topological polar surface area (TPSA) is 38.5 Å². The van der Waals surface area contributed by atoms with Crippen LogP contribution in [0.25, 0.3) is 0 Å². The van der Waals surface area contributed by atoms with E-state index in [2.05, 4.69) is 12.1 Å². The van der Waals surface area contributed by atoms with Crippen molar-refractivity contribution in [2.45, 2.75) is 12.5 Å². The first-order valence-electron chi connectivity index (χ1n) is 3.80. The predicted molar refractivity (Wildman–Crippen MR) is 44.3 cm³/mol. The zero-order chi connectivity index (χ0) is 7.68. The molecule has 1 atom stereocenters. The van der Waals surface area contributed by atoms with Gasteiger partial charge in [-0.1, -0.05) is 12.1 Å². The van der Waals surface area contributed by atoms with E-state index in [0.717, 1.165) is 18.7 Å². The lowest BCUT2D eigenvalue weighted by molar-refractivity contribution is 0.407. The molecule has 0 aromatic heterocycles. The minimum Gasteiger partial charge on any atom is -0.399 e. The van der Waals surface area contributed by atoms with Crippen molar-refractivity contribution >= 4 is 5.69 Å². The molecular formula is C9H11NO. The molecule has 0 spiro atoms. The Bertz CT molecular complexity index is 238. The highest BCUT2D eigenvalue weighted by Crippen LogP contribution is 2.16. The summed E-state index contributed by atoms with van der Waals surface area (Å²) < 4.78 is 5.11. The van der Waals surface area contributed by atoms with Gasteiger partial charge < -0.3 is 10.5 Å². The summed E-state index contributed by atoms with van der Waals surface area (Å²) in [6.07, 6.45) is 1.50. The molecule has 1 saturated heterocycles. The van der Waals surface area contributed by atoms with Crippen LogP contribution in [0.5, 0.6) is 0 Å². The fourth-order valence-electron chi connectivity index (χ4n) is 1.10. The van der Waals surface area contributed by atoms with Crippen LogP contribution in [0.15, 0.2) is 24.3 Å². The van der Waals surface area contributed by atoms with Gasteiger partial charge in [-0.05, 0) is 17.7 Å². The molecule has 1 unspecified atom stereocenters. The Kier molecular flexibility index (Phi) is 1.55. The van der Waals surface area contributed by atoms with Gasteiger partial charge in [0.05, 0.1) is 12.7 Å². The van der Waals surface area contributed by atoms with Crippen molar-refractivity contribution in [2.75, 3.05) is 12.3 Å². The third-order valence-electron chi connectivity index (χ3n) is 1.85. The summed E-state index contributed by atoms with van der Waals surface area (Å²) >= 11 is 0. The van der Waals surface area contributed by atoms with Crippen molar-refractivity contribution in [1.82, 2.24) is 0 Å². The Morgan fingerprint density at radius 2 is 2.00 bits per heavy atom. The lowest BCUT2D eigenvalue weighted by Gasteiger charge is -1.97. The van der Waals surface area contributed by atoms with Gasteiger partial charge in [0.25, 0.3) is 0 Å². The largest absolute Gasteiger partial charge is 0.399 e. The smallest absolute Gasteiger partial charge is 0.0850 e. The Labute approximate surface area is 66.0 Å². The Morgan fingerprint density at radius 1 is 1.36 bits per heavy atom. The molecule has 1 aliphatic heterocycles. The molecular weight excluding hydrogens is 138 g/mol. The van der Waals surface area contributed by atoms with Crippen LogP contribution in [0.2, 0.25) is 0 Å². The highest BCUT2D eigenvalue weighted by molar-refractivity contribution is 5.39. The second-order valence-electron chi connectivity index (χ2n) is 2.90. The number of benzene rings is 1. The van der Waals surface area contributed by atoms with Crippen molar-refractivity contribution < 1.29 is 4.74 Å². The number of ether oxygens (including phenoxy) is 1. The molecule has 0 saturated carbocycles. The SMILES string of the molecule is Nc1ccc(CC2CO2)cc1. The van der Waals surface area contributed by atoms with Crippen LogP contribution in [0.1, 0.15) is 5.56 Å². The van der Waals surface area contributed by atoms with Gasteiger partial charge in [-0.15, -0.1) is 0 Å². The highest BCUT2D eigenvalue weighted by atomic mass is 16.6. The lowest BCUT2D eigenvalue weighted by atomic mass is 10.1. The summed E-state index contributed by atoms with van der Waals surface area (Å²) in [7, 11) is 0. The van der Waals surface area contributed by atoms with Crippen LogP contribution >= 0.6 is 0 Å². The van der Waals surface area contributed by atoms with E-state index in [4.69, 9.17) is 10.5 Å². The second-order valence-corrected chi connectivity index (χ2v) is 2.90. The maximum atomic E-state index is 5.54. The maximum Gasteiger partial charge on any atom is 0.0850 e. The van der Waals surface area contributed by atoms with Gasteiger partial charge in [0.2, 0.25) is 0 Å². The van der Waals surface area contributed by atoms with Crippen molar-refractivity contribution in [3.05, 3.63) is 29.8 Å². The first-order chi connectivity index (χ1) is 5.34. The molecule has 58 valence electrons.